The smallest absolute Gasteiger partial charge is 0.243 e. The van der Waals surface area contributed by atoms with Gasteiger partial charge in [-0.1, -0.05) is 66.7 Å². The summed E-state index contributed by atoms with van der Waals surface area (Å²) in [5, 5.41) is 9.50. The molecule has 1 aromatic heterocycles. The van der Waals surface area contributed by atoms with E-state index in [-0.39, 0.29) is 5.91 Å². The lowest BCUT2D eigenvalue weighted by atomic mass is 10.1. The van der Waals surface area contributed by atoms with Crippen LogP contribution >= 0.6 is 0 Å². The molecule has 1 atom stereocenters. The number of carbonyl (C=O) groups is 1. The van der Waals surface area contributed by atoms with Crippen LogP contribution in [0.25, 0.3) is 0 Å². The third-order valence-corrected chi connectivity index (χ3v) is 5.22. The SMILES string of the molecule is Cc1cc(N[C@@H](Cc2ccccc2)C(=O)NCCOc2ccccc2)nc(Nc2ccccc2)n1. The molecule has 7 nitrogen and oxygen atoms in total. The molecular weight excluding hydrogens is 438 g/mol. The van der Waals surface area contributed by atoms with E-state index in [0.29, 0.717) is 31.3 Å². The van der Waals surface area contributed by atoms with Crippen molar-refractivity contribution in [1.82, 2.24) is 15.3 Å². The van der Waals surface area contributed by atoms with Crippen LogP contribution in [0, 0.1) is 6.92 Å². The molecule has 0 fully saturated rings. The lowest BCUT2D eigenvalue weighted by Crippen LogP contribution is -2.42. The third-order valence-electron chi connectivity index (χ3n) is 5.22. The van der Waals surface area contributed by atoms with Crippen LogP contribution in [0.3, 0.4) is 0 Å². The summed E-state index contributed by atoms with van der Waals surface area (Å²) in [7, 11) is 0. The Hall–Kier alpha value is -4.39. The van der Waals surface area contributed by atoms with Crippen LogP contribution in [-0.4, -0.2) is 35.1 Å². The Morgan fingerprint density at radius 1 is 0.886 bits per heavy atom. The Kier molecular flexibility index (Phi) is 8.27. The van der Waals surface area contributed by atoms with Gasteiger partial charge in [-0.3, -0.25) is 4.79 Å². The Bertz CT molecular complexity index is 1200. The molecule has 0 aliphatic heterocycles. The zero-order chi connectivity index (χ0) is 24.3. The highest BCUT2D eigenvalue weighted by molar-refractivity contribution is 5.84. The van der Waals surface area contributed by atoms with Crippen LogP contribution in [0.1, 0.15) is 11.3 Å². The molecule has 4 rings (SSSR count). The summed E-state index contributed by atoms with van der Waals surface area (Å²) in [6.45, 7) is 2.67. The van der Waals surface area contributed by atoms with E-state index < -0.39 is 6.04 Å². The summed E-state index contributed by atoms with van der Waals surface area (Å²) >= 11 is 0. The summed E-state index contributed by atoms with van der Waals surface area (Å²) in [4.78, 5) is 22.2. The van der Waals surface area contributed by atoms with Crippen LogP contribution in [0.2, 0.25) is 0 Å². The number of nitrogens with one attached hydrogen (secondary N) is 3. The zero-order valence-corrected chi connectivity index (χ0v) is 19.6. The van der Waals surface area contributed by atoms with E-state index in [2.05, 4.69) is 25.9 Å². The molecule has 0 aliphatic rings. The fourth-order valence-electron chi connectivity index (χ4n) is 3.57. The van der Waals surface area contributed by atoms with Gasteiger partial charge in [0.25, 0.3) is 0 Å². The van der Waals surface area contributed by atoms with Gasteiger partial charge in [-0.15, -0.1) is 0 Å². The first-order chi connectivity index (χ1) is 17.2. The number of aromatic nitrogens is 2. The fraction of sp³-hybridized carbons (Fsp3) is 0.179. The number of para-hydroxylation sites is 2. The first-order valence-electron chi connectivity index (χ1n) is 11.6. The van der Waals surface area contributed by atoms with Crippen molar-refractivity contribution < 1.29 is 9.53 Å². The number of aryl methyl sites for hydroxylation is 1. The van der Waals surface area contributed by atoms with Crippen molar-refractivity contribution in [3.05, 3.63) is 108 Å². The second-order valence-corrected chi connectivity index (χ2v) is 8.05. The Balaban J connectivity index is 1.43. The Morgan fingerprint density at radius 2 is 1.54 bits per heavy atom. The van der Waals surface area contributed by atoms with Gasteiger partial charge in [-0.2, -0.15) is 4.98 Å². The van der Waals surface area contributed by atoms with Crippen molar-refractivity contribution in [2.75, 3.05) is 23.8 Å². The maximum atomic E-state index is 13.1. The summed E-state index contributed by atoms with van der Waals surface area (Å²) in [6, 6.07) is 30.5. The van der Waals surface area contributed by atoms with E-state index in [1.807, 2.05) is 104 Å². The molecule has 1 heterocycles. The van der Waals surface area contributed by atoms with Crippen LogP contribution in [0.15, 0.2) is 97.1 Å². The second-order valence-electron chi connectivity index (χ2n) is 8.05. The first kappa shape index (κ1) is 23.8. The largest absolute Gasteiger partial charge is 0.492 e. The molecule has 178 valence electrons. The van der Waals surface area contributed by atoms with Gasteiger partial charge >= 0.3 is 0 Å². The summed E-state index contributed by atoms with van der Waals surface area (Å²) in [5.41, 5.74) is 2.73. The summed E-state index contributed by atoms with van der Waals surface area (Å²) < 4.78 is 5.70. The van der Waals surface area contributed by atoms with E-state index in [4.69, 9.17) is 4.74 Å². The Morgan fingerprint density at radius 3 is 2.26 bits per heavy atom. The lowest BCUT2D eigenvalue weighted by molar-refractivity contribution is -0.121. The molecule has 1 amide bonds. The molecule has 0 aliphatic carbocycles. The van der Waals surface area contributed by atoms with Crippen LogP contribution in [0.5, 0.6) is 5.75 Å². The van der Waals surface area contributed by atoms with Gasteiger partial charge in [0.2, 0.25) is 11.9 Å². The van der Waals surface area contributed by atoms with E-state index in [0.717, 1.165) is 22.7 Å². The predicted molar refractivity (Wildman–Crippen MR) is 139 cm³/mol. The normalized spacial score (nSPS) is 11.3. The molecule has 0 unspecified atom stereocenters. The predicted octanol–water partition coefficient (Wildman–Crippen LogP) is 4.75. The van der Waals surface area contributed by atoms with Gasteiger partial charge in [0.1, 0.15) is 24.2 Å². The molecule has 3 N–H and O–H groups in total. The van der Waals surface area contributed by atoms with Crippen LogP contribution in [0.4, 0.5) is 17.5 Å². The fourth-order valence-corrected chi connectivity index (χ4v) is 3.57. The number of hydrogen-bond acceptors (Lipinski definition) is 6. The molecular formula is C28H29N5O2. The molecule has 4 aromatic rings. The molecule has 7 heteroatoms. The van der Waals surface area contributed by atoms with Gasteiger partial charge < -0.3 is 20.7 Å². The second kappa shape index (κ2) is 12.2. The zero-order valence-electron chi connectivity index (χ0n) is 19.6. The van der Waals surface area contributed by atoms with E-state index in [9.17, 15) is 4.79 Å². The number of amides is 1. The molecule has 0 saturated heterocycles. The minimum absolute atomic E-state index is 0.126. The van der Waals surface area contributed by atoms with Crippen LogP contribution < -0.4 is 20.7 Å². The minimum Gasteiger partial charge on any atom is -0.492 e. The maximum Gasteiger partial charge on any atom is 0.243 e. The van der Waals surface area contributed by atoms with Gasteiger partial charge in [0.05, 0.1) is 6.54 Å². The summed E-state index contributed by atoms with van der Waals surface area (Å²) in [5.74, 6) is 1.69. The standard InChI is InChI=1S/C28H29N5O2/c1-21-19-26(33-28(30-21)31-23-13-7-3-8-14-23)32-25(20-22-11-5-2-6-12-22)27(34)29-17-18-35-24-15-9-4-10-16-24/h2-16,19,25H,17-18,20H2,1H3,(H,29,34)(H2,30,31,32,33)/t25-/m0/s1. The van der Waals surface area contributed by atoms with Gasteiger partial charge in [0, 0.05) is 23.9 Å². The van der Waals surface area contributed by atoms with Crippen molar-refractivity contribution in [1.29, 1.82) is 0 Å². The molecule has 0 radical (unpaired) electrons. The molecule has 0 spiro atoms. The molecule has 35 heavy (non-hydrogen) atoms. The van der Waals surface area contributed by atoms with Crippen molar-refractivity contribution >= 4 is 23.4 Å². The van der Waals surface area contributed by atoms with Gasteiger partial charge in [-0.25, -0.2) is 4.98 Å². The van der Waals surface area contributed by atoms with E-state index in [1.54, 1.807) is 0 Å². The van der Waals surface area contributed by atoms with E-state index in [1.165, 1.54) is 0 Å². The number of ether oxygens (including phenoxy) is 1. The lowest BCUT2D eigenvalue weighted by Gasteiger charge is -2.20. The number of hydrogen-bond donors (Lipinski definition) is 3. The highest BCUT2D eigenvalue weighted by Crippen LogP contribution is 2.17. The number of benzene rings is 3. The van der Waals surface area contributed by atoms with Crippen molar-refractivity contribution in [3.63, 3.8) is 0 Å². The van der Waals surface area contributed by atoms with Gasteiger partial charge in [-0.05, 0) is 36.8 Å². The number of anilines is 3. The monoisotopic (exact) mass is 467 g/mol. The maximum absolute atomic E-state index is 13.1. The number of rotatable bonds is 11. The summed E-state index contributed by atoms with van der Waals surface area (Å²) in [6.07, 6.45) is 0.511. The van der Waals surface area contributed by atoms with Crippen molar-refractivity contribution in [2.45, 2.75) is 19.4 Å². The van der Waals surface area contributed by atoms with Crippen molar-refractivity contribution in [2.24, 2.45) is 0 Å². The highest BCUT2D eigenvalue weighted by atomic mass is 16.5. The molecule has 0 saturated carbocycles. The molecule has 3 aromatic carbocycles. The van der Waals surface area contributed by atoms with Crippen LogP contribution in [-0.2, 0) is 11.2 Å². The first-order valence-corrected chi connectivity index (χ1v) is 11.6. The molecule has 0 bridgehead atoms. The average Bonchev–Trinajstić information content (AvgIpc) is 2.88. The Labute approximate surface area is 205 Å². The van der Waals surface area contributed by atoms with Crippen molar-refractivity contribution in [3.8, 4) is 5.75 Å². The number of nitrogens with zero attached hydrogens (tertiary/aromatic N) is 2. The highest BCUT2D eigenvalue weighted by Gasteiger charge is 2.20. The topological polar surface area (TPSA) is 88.2 Å². The minimum atomic E-state index is -0.520. The average molecular weight is 468 g/mol. The number of carbonyl (C=O) groups excluding carboxylic acids is 1. The van der Waals surface area contributed by atoms with Gasteiger partial charge in [0.15, 0.2) is 0 Å². The third kappa shape index (κ3) is 7.57. The quantitative estimate of drug-likeness (QED) is 0.276. The van der Waals surface area contributed by atoms with E-state index >= 15 is 0 Å².